The number of ether oxygens (including phenoxy) is 1. The summed E-state index contributed by atoms with van der Waals surface area (Å²) in [5, 5.41) is 11.1. The highest BCUT2D eigenvalue weighted by Gasteiger charge is 2.11. The van der Waals surface area contributed by atoms with Crippen molar-refractivity contribution in [3.8, 4) is 34.1 Å². The third kappa shape index (κ3) is 3.91. The van der Waals surface area contributed by atoms with Gasteiger partial charge in [-0.15, -0.1) is 0 Å². The Balaban J connectivity index is 1.48. The molecule has 3 N–H and O–H groups in total. The molecular weight excluding hydrogens is 359 g/mol. The molecule has 4 rings (SSSR count). The molecule has 8 heteroatoms. The SMILES string of the molecule is C[C@H](N)Cn1ccc(-c2ccc(Oc3ncc(-c4ccn[nH]4)cc3F)cc2)n1. The molecule has 1 aromatic carbocycles. The zero-order valence-electron chi connectivity index (χ0n) is 15.2. The summed E-state index contributed by atoms with van der Waals surface area (Å²) in [6.45, 7) is 2.59. The van der Waals surface area contributed by atoms with Crippen molar-refractivity contribution in [1.82, 2.24) is 25.0 Å². The second-order valence-electron chi connectivity index (χ2n) is 6.51. The summed E-state index contributed by atoms with van der Waals surface area (Å²) >= 11 is 0. The van der Waals surface area contributed by atoms with Gasteiger partial charge in [0.05, 0.1) is 17.9 Å². The summed E-state index contributed by atoms with van der Waals surface area (Å²) in [5.41, 5.74) is 8.84. The minimum atomic E-state index is -0.550. The molecule has 0 saturated carbocycles. The van der Waals surface area contributed by atoms with Crippen molar-refractivity contribution in [3.63, 3.8) is 0 Å². The van der Waals surface area contributed by atoms with Crippen molar-refractivity contribution in [2.45, 2.75) is 19.5 Å². The van der Waals surface area contributed by atoms with E-state index in [1.165, 1.54) is 12.3 Å². The van der Waals surface area contributed by atoms with Gasteiger partial charge in [0.25, 0.3) is 5.88 Å². The van der Waals surface area contributed by atoms with Gasteiger partial charge in [0.2, 0.25) is 0 Å². The molecule has 0 aliphatic carbocycles. The fraction of sp³-hybridized carbons (Fsp3) is 0.150. The number of pyridine rings is 1. The van der Waals surface area contributed by atoms with Gasteiger partial charge in [-0.3, -0.25) is 9.78 Å². The lowest BCUT2D eigenvalue weighted by Crippen LogP contribution is -2.22. The third-order valence-electron chi connectivity index (χ3n) is 4.10. The summed E-state index contributed by atoms with van der Waals surface area (Å²) in [7, 11) is 0. The molecule has 0 bridgehead atoms. The minimum absolute atomic E-state index is 0.0329. The van der Waals surface area contributed by atoms with Crippen LogP contribution in [-0.2, 0) is 6.54 Å². The van der Waals surface area contributed by atoms with E-state index < -0.39 is 5.82 Å². The first-order valence-corrected chi connectivity index (χ1v) is 8.81. The van der Waals surface area contributed by atoms with Gasteiger partial charge in [-0.25, -0.2) is 9.37 Å². The molecule has 0 amide bonds. The second kappa shape index (κ2) is 7.61. The van der Waals surface area contributed by atoms with Crippen molar-refractivity contribution in [2.75, 3.05) is 0 Å². The maximum absolute atomic E-state index is 14.3. The van der Waals surface area contributed by atoms with Crippen LogP contribution in [0.15, 0.2) is 61.1 Å². The van der Waals surface area contributed by atoms with Crippen molar-refractivity contribution >= 4 is 0 Å². The lowest BCUT2D eigenvalue weighted by molar-refractivity contribution is 0.423. The van der Waals surface area contributed by atoms with Gasteiger partial charge in [0.1, 0.15) is 5.75 Å². The summed E-state index contributed by atoms with van der Waals surface area (Å²) in [5.74, 6) is -0.150. The molecule has 0 aliphatic heterocycles. The number of hydrogen-bond donors (Lipinski definition) is 2. The maximum Gasteiger partial charge on any atom is 0.255 e. The number of hydrogen-bond acceptors (Lipinski definition) is 5. The van der Waals surface area contributed by atoms with Crippen LogP contribution in [0.2, 0.25) is 0 Å². The monoisotopic (exact) mass is 378 g/mol. The third-order valence-corrected chi connectivity index (χ3v) is 4.10. The average Bonchev–Trinajstić information content (AvgIpc) is 3.36. The summed E-state index contributed by atoms with van der Waals surface area (Å²) in [6.07, 6.45) is 5.02. The molecule has 0 unspecified atom stereocenters. The Morgan fingerprint density at radius 2 is 2.00 bits per heavy atom. The number of H-pyrrole nitrogens is 1. The van der Waals surface area contributed by atoms with E-state index in [-0.39, 0.29) is 11.9 Å². The molecule has 0 radical (unpaired) electrons. The Labute approximate surface area is 161 Å². The van der Waals surface area contributed by atoms with E-state index >= 15 is 0 Å². The first kappa shape index (κ1) is 17.9. The van der Waals surface area contributed by atoms with Gasteiger partial charge in [0, 0.05) is 35.8 Å². The smallest absolute Gasteiger partial charge is 0.255 e. The maximum atomic E-state index is 14.3. The molecule has 3 heterocycles. The lowest BCUT2D eigenvalue weighted by Gasteiger charge is -2.07. The van der Waals surface area contributed by atoms with Crippen molar-refractivity contribution in [1.29, 1.82) is 0 Å². The highest BCUT2D eigenvalue weighted by Crippen LogP contribution is 2.27. The standard InChI is InChI=1S/C20H19FN6O/c1-13(22)12-27-9-7-19(26-27)14-2-4-16(5-3-14)28-20-17(21)10-15(11-23-20)18-6-8-24-25-18/h2-11,13H,12,22H2,1H3,(H,24,25)/t13-/m0/s1. The van der Waals surface area contributed by atoms with Crippen LogP contribution < -0.4 is 10.5 Å². The molecular formula is C20H19FN6O. The Morgan fingerprint density at radius 1 is 1.18 bits per heavy atom. The Kier molecular flexibility index (Phi) is 4.86. The molecule has 3 aromatic heterocycles. The van der Waals surface area contributed by atoms with Gasteiger partial charge in [-0.05, 0) is 49.4 Å². The molecule has 7 nitrogen and oxygen atoms in total. The summed E-state index contributed by atoms with van der Waals surface area (Å²) in [6, 6.07) is 12.3. The predicted molar refractivity (Wildman–Crippen MR) is 103 cm³/mol. The van der Waals surface area contributed by atoms with Crippen LogP contribution in [-0.4, -0.2) is 31.0 Å². The lowest BCUT2D eigenvalue weighted by atomic mass is 10.1. The van der Waals surface area contributed by atoms with E-state index in [9.17, 15) is 4.39 Å². The number of nitrogens with zero attached hydrogens (tertiary/aromatic N) is 4. The second-order valence-corrected chi connectivity index (χ2v) is 6.51. The molecule has 0 saturated heterocycles. The van der Waals surface area contributed by atoms with Gasteiger partial charge in [0.15, 0.2) is 5.82 Å². The molecule has 0 aliphatic rings. The van der Waals surface area contributed by atoms with Gasteiger partial charge in [-0.2, -0.15) is 10.2 Å². The van der Waals surface area contributed by atoms with Crippen LogP contribution in [0.25, 0.3) is 22.5 Å². The van der Waals surface area contributed by atoms with E-state index in [1.807, 2.05) is 36.0 Å². The number of aromatic nitrogens is 5. The number of aromatic amines is 1. The van der Waals surface area contributed by atoms with E-state index in [0.717, 1.165) is 11.3 Å². The summed E-state index contributed by atoms with van der Waals surface area (Å²) < 4.78 is 21.7. The highest BCUT2D eigenvalue weighted by atomic mass is 19.1. The molecule has 1 atom stereocenters. The normalized spacial score (nSPS) is 12.1. The fourth-order valence-electron chi connectivity index (χ4n) is 2.78. The Hall–Kier alpha value is -3.52. The van der Waals surface area contributed by atoms with Crippen LogP contribution in [0.5, 0.6) is 11.6 Å². The van der Waals surface area contributed by atoms with Crippen LogP contribution >= 0.6 is 0 Å². The quantitative estimate of drug-likeness (QED) is 0.534. The number of nitrogens with one attached hydrogen (secondary N) is 1. The zero-order chi connectivity index (χ0) is 19.5. The number of nitrogens with two attached hydrogens (primary N) is 1. The molecule has 4 aromatic rings. The zero-order valence-corrected chi connectivity index (χ0v) is 15.2. The summed E-state index contributed by atoms with van der Waals surface area (Å²) in [4.78, 5) is 4.07. The van der Waals surface area contributed by atoms with Crippen LogP contribution in [0, 0.1) is 5.82 Å². The van der Waals surface area contributed by atoms with Gasteiger partial charge >= 0.3 is 0 Å². The first-order valence-electron chi connectivity index (χ1n) is 8.81. The largest absolute Gasteiger partial charge is 0.436 e. The van der Waals surface area contributed by atoms with Gasteiger partial charge < -0.3 is 10.5 Å². The molecule has 142 valence electrons. The minimum Gasteiger partial charge on any atom is -0.436 e. The Bertz CT molecular complexity index is 1060. The molecule has 0 fully saturated rings. The first-order chi connectivity index (χ1) is 13.6. The van der Waals surface area contributed by atoms with Crippen LogP contribution in [0.3, 0.4) is 0 Å². The van der Waals surface area contributed by atoms with Crippen molar-refractivity contribution in [2.24, 2.45) is 5.73 Å². The van der Waals surface area contributed by atoms with Crippen molar-refractivity contribution in [3.05, 3.63) is 66.9 Å². The van der Waals surface area contributed by atoms with E-state index in [4.69, 9.17) is 10.5 Å². The Morgan fingerprint density at radius 3 is 2.68 bits per heavy atom. The highest BCUT2D eigenvalue weighted by molar-refractivity contribution is 5.60. The van der Waals surface area contributed by atoms with Crippen LogP contribution in [0.1, 0.15) is 6.92 Å². The van der Waals surface area contributed by atoms with Gasteiger partial charge in [-0.1, -0.05) is 0 Å². The number of benzene rings is 1. The number of halogens is 1. The molecule has 28 heavy (non-hydrogen) atoms. The van der Waals surface area contributed by atoms with E-state index in [1.54, 1.807) is 24.4 Å². The van der Waals surface area contributed by atoms with E-state index in [2.05, 4.69) is 20.3 Å². The topological polar surface area (TPSA) is 94.6 Å². The predicted octanol–water partition coefficient (Wildman–Crippen LogP) is 3.61. The molecule has 0 spiro atoms. The average molecular weight is 378 g/mol. The van der Waals surface area contributed by atoms with Crippen molar-refractivity contribution < 1.29 is 9.13 Å². The van der Waals surface area contributed by atoms with Crippen LogP contribution in [0.4, 0.5) is 4.39 Å². The number of rotatable bonds is 6. The fourth-order valence-corrected chi connectivity index (χ4v) is 2.78. The van der Waals surface area contributed by atoms with E-state index in [0.29, 0.717) is 23.6 Å².